The van der Waals surface area contributed by atoms with E-state index in [0.717, 1.165) is 29.9 Å². The van der Waals surface area contributed by atoms with Gasteiger partial charge in [0.25, 0.3) is 11.8 Å². The standard InChI is InChI=1S/C27H30N4O3/c32-26(19-7-9-20(10-8-19)28-13-16-31-14-3-1-2-4-15-31)30-23-12-11-21(24-6-5-17-34-24)22-18-29-27(33)25(22)23/h5-12,17,28H,1-4,13-16,18H2,(H,29,33)(H,30,32). The van der Waals surface area contributed by atoms with Gasteiger partial charge in [-0.15, -0.1) is 0 Å². The molecule has 1 fully saturated rings. The van der Waals surface area contributed by atoms with Crippen LogP contribution in [0.25, 0.3) is 11.3 Å². The van der Waals surface area contributed by atoms with Crippen LogP contribution < -0.4 is 16.0 Å². The Hall–Kier alpha value is -3.58. The third-order valence-corrected chi connectivity index (χ3v) is 6.60. The first kappa shape index (κ1) is 22.2. The van der Waals surface area contributed by atoms with Crippen LogP contribution in [-0.4, -0.2) is 42.9 Å². The lowest BCUT2D eigenvalue weighted by atomic mass is 9.99. The molecule has 3 heterocycles. The minimum Gasteiger partial charge on any atom is -0.464 e. The van der Waals surface area contributed by atoms with E-state index in [1.807, 2.05) is 30.3 Å². The van der Waals surface area contributed by atoms with Crippen molar-refractivity contribution in [2.45, 2.75) is 32.2 Å². The lowest BCUT2D eigenvalue weighted by molar-refractivity contribution is 0.0966. The molecule has 176 valence electrons. The minimum absolute atomic E-state index is 0.192. The molecule has 0 atom stereocenters. The van der Waals surface area contributed by atoms with E-state index in [2.05, 4.69) is 20.9 Å². The molecule has 0 aliphatic carbocycles. The first-order valence-electron chi connectivity index (χ1n) is 12.0. The molecule has 0 unspecified atom stereocenters. The average Bonchev–Trinajstić information content (AvgIpc) is 3.45. The SMILES string of the molecule is O=C(Nc1ccc(-c2ccco2)c2c1C(=O)NC2)c1ccc(NCCN2CCCCCC2)cc1. The highest BCUT2D eigenvalue weighted by Crippen LogP contribution is 2.34. The Bertz CT molecular complexity index is 1150. The van der Waals surface area contributed by atoms with Crippen LogP contribution in [0.5, 0.6) is 0 Å². The molecule has 3 N–H and O–H groups in total. The van der Waals surface area contributed by atoms with E-state index < -0.39 is 0 Å². The molecule has 2 aliphatic rings. The second-order valence-corrected chi connectivity index (χ2v) is 8.89. The van der Waals surface area contributed by atoms with Crippen molar-refractivity contribution in [1.29, 1.82) is 0 Å². The number of likely N-dealkylation sites (tertiary alicyclic amines) is 1. The first-order chi connectivity index (χ1) is 16.7. The molecule has 2 aromatic carbocycles. The maximum Gasteiger partial charge on any atom is 0.255 e. The molecule has 0 bridgehead atoms. The third-order valence-electron chi connectivity index (χ3n) is 6.60. The summed E-state index contributed by atoms with van der Waals surface area (Å²) >= 11 is 0. The van der Waals surface area contributed by atoms with Crippen LogP contribution in [0.15, 0.2) is 59.2 Å². The summed E-state index contributed by atoms with van der Waals surface area (Å²) in [6, 6.07) is 14.8. The molecule has 0 spiro atoms. The zero-order valence-corrected chi connectivity index (χ0v) is 19.2. The Labute approximate surface area is 199 Å². The largest absolute Gasteiger partial charge is 0.464 e. The minimum atomic E-state index is -0.247. The van der Waals surface area contributed by atoms with E-state index in [0.29, 0.717) is 29.1 Å². The second kappa shape index (κ2) is 10.1. The maximum absolute atomic E-state index is 12.9. The Morgan fingerprint density at radius 3 is 2.53 bits per heavy atom. The predicted molar refractivity (Wildman–Crippen MR) is 133 cm³/mol. The van der Waals surface area contributed by atoms with E-state index in [4.69, 9.17) is 4.42 Å². The van der Waals surface area contributed by atoms with Crippen LogP contribution in [0, 0.1) is 0 Å². The number of furan rings is 1. The van der Waals surface area contributed by atoms with Crippen molar-refractivity contribution in [3.8, 4) is 11.3 Å². The highest BCUT2D eigenvalue weighted by molar-refractivity contribution is 6.11. The molecule has 3 aromatic rings. The Morgan fingerprint density at radius 1 is 1.00 bits per heavy atom. The van der Waals surface area contributed by atoms with Gasteiger partial charge in [0.1, 0.15) is 5.76 Å². The van der Waals surface area contributed by atoms with Gasteiger partial charge in [-0.25, -0.2) is 0 Å². The number of hydrogen-bond acceptors (Lipinski definition) is 5. The number of nitrogens with zero attached hydrogens (tertiary/aromatic N) is 1. The Morgan fingerprint density at radius 2 is 1.79 bits per heavy atom. The number of fused-ring (bicyclic) bond motifs is 1. The van der Waals surface area contributed by atoms with Crippen LogP contribution in [0.1, 0.15) is 52.0 Å². The van der Waals surface area contributed by atoms with Gasteiger partial charge in [0.15, 0.2) is 0 Å². The number of rotatable bonds is 7. The molecule has 5 rings (SSSR count). The monoisotopic (exact) mass is 458 g/mol. The Kier molecular flexibility index (Phi) is 6.62. The molecule has 0 saturated carbocycles. The summed E-state index contributed by atoms with van der Waals surface area (Å²) in [6.45, 7) is 4.69. The molecule has 0 radical (unpaired) electrons. The molecule has 7 nitrogen and oxygen atoms in total. The molecule has 1 aromatic heterocycles. The Balaban J connectivity index is 1.22. The molecular weight excluding hydrogens is 428 g/mol. The highest BCUT2D eigenvalue weighted by atomic mass is 16.3. The predicted octanol–water partition coefficient (Wildman–Crippen LogP) is 4.73. The third kappa shape index (κ3) is 4.84. The molecular formula is C27H30N4O3. The van der Waals surface area contributed by atoms with Crippen LogP contribution in [0.2, 0.25) is 0 Å². The number of benzene rings is 2. The number of carbonyl (C=O) groups excluding carboxylic acids is 2. The average molecular weight is 459 g/mol. The zero-order chi connectivity index (χ0) is 23.3. The number of hydrogen-bond donors (Lipinski definition) is 3. The second-order valence-electron chi connectivity index (χ2n) is 8.89. The fraction of sp³-hybridized carbons (Fsp3) is 0.333. The van der Waals surface area contributed by atoms with E-state index in [1.165, 1.54) is 38.8 Å². The maximum atomic E-state index is 12.9. The van der Waals surface area contributed by atoms with Gasteiger partial charge in [-0.1, -0.05) is 12.8 Å². The summed E-state index contributed by atoms with van der Waals surface area (Å²) in [5.41, 5.74) is 4.22. The number of carbonyl (C=O) groups is 2. The van der Waals surface area contributed by atoms with Crippen molar-refractivity contribution in [1.82, 2.24) is 10.2 Å². The molecule has 2 amide bonds. The quantitative estimate of drug-likeness (QED) is 0.477. The van der Waals surface area contributed by atoms with Crippen molar-refractivity contribution in [3.63, 3.8) is 0 Å². The van der Waals surface area contributed by atoms with E-state index >= 15 is 0 Å². The van der Waals surface area contributed by atoms with Gasteiger partial charge in [-0.3, -0.25) is 9.59 Å². The lowest BCUT2D eigenvalue weighted by Gasteiger charge is -2.20. The van der Waals surface area contributed by atoms with Gasteiger partial charge < -0.3 is 25.3 Å². The number of amides is 2. The summed E-state index contributed by atoms with van der Waals surface area (Å²) in [5.74, 6) is 0.260. The van der Waals surface area contributed by atoms with Crippen LogP contribution >= 0.6 is 0 Å². The highest BCUT2D eigenvalue weighted by Gasteiger charge is 2.27. The number of nitrogens with one attached hydrogen (secondary N) is 3. The summed E-state index contributed by atoms with van der Waals surface area (Å²) in [7, 11) is 0. The normalized spacial score (nSPS) is 15.9. The fourth-order valence-corrected chi connectivity index (χ4v) is 4.77. The molecule has 7 heteroatoms. The van der Waals surface area contributed by atoms with Crippen molar-refractivity contribution < 1.29 is 14.0 Å². The van der Waals surface area contributed by atoms with Crippen LogP contribution in [-0.2, 0) is 6.54 Å². The van der Waals surface area contributed by atoms with Gasteiger partial charge in [0.2, 0.25) is 0 Å². The van der Waals surface area contributed by atoms with Gasteiger partial charge in [0.05, 0.1) is 17.5 Å². The van der Waals surface area contributed by atoms with Gasteiger partial charge >= 0.3 is 0 Å². The number of anilines is 2. The van der Waals surface area contributed by atoms with E-state index in [-0.39, 0.29) is 11.8 Å². The molecule has 34 heavy (non-hydrogen) atoms. The van der Waals surface area contributed by atoms with Crippen molar-refractivity contribution in [2.24, 2.45) is 0 Å². The van der Waals surface area contributed by atoms with Crippen molar-refractivity contribution in [2.75, 3.05) is 36.8 Å². The summed E-state index contributed by atoms with van der Waals surface area (Å²) < 4.78 is 5.51. The van der Waals surface area contributed by atoms with Gasteiger partial charge in [-0.05, 0) is 80.0 Å². The topological polar surface area (TPSA) is 86.6 Å². The zero-order valence-electron chi connectivity index (χ0n) is 19.2. The van der Waals surface area contributed by atoms with Gasteiger partial charge in [-0.2, -0.15) is 0 Å². The first-order valence-corrected chi connectivity index (χ1v) is 12.0. The van der Waals surface area contributed by atoms with E-state index in [1.54, 1.807) is 24.5 Å². The van der Waals surface area contributed by atoms with Gasteiger partial charge in [0, 0.05) is 36.4 Å². The van der Waals surface area contributed by atoms with E-state index in [9.17, 15) is 9.59 Å². The van der Waals surface area contributed by atoms with Crippen LogP contribution in [0.4, 0.5) is 11.4 Å². The lowest BCUT2D eigenvalue weighted by Crippen LogP contribution is -2.29. The molecule has 2 aliphatic heterocycles. The summed E-state index contributed by atoms with van der Waals surface area (Å²) in [5, 5.41) is 9.22. The van der Waals surface area contributed by atoms with Crippen molar-refractivity contribution >= 4 is 23.2 Å². The summed E-state index contributed by atoms with van der Waals surface area (Å²) in [6.07, 6.45) is 6.87. The molecule has 1 saturated heterocycles. The van der Waals surface area contributed by atoms with Crippen molar-refractivity contribution in [3.05, 3.63) is 71.5 Å². The smallest absolute Gasteiger partial charge is 0.255 e. The summed E-state index contributed by atoms with van der Waals surface area (Å²) in [4.78, 5) is 27.9. The fourth-order valence-electron chi connectivity index (χ4n) is 4.77. The van der Waals surface area contributed by atoms with Crippen LogP contribution in [0.3, 0.4) is 0 Å².